The van der Waals surface area contributed by atoms with Gasteiger partial charge < -0.3 is 5.32 Å². The summed E-state index contributed by atoms with van der Waals surface area (Å²) in [6.45, 7) is 9.11. The fraction of sp³-hybridized carbons (Fsp3) is 0.625. The van der Waals surface area contributed by atoms with Gasteiger partial charge in [-0.15, -0.1) is 0 Å². The molecule has 2 heteroatoms. The van der Waals surface area contributed by atoms with E-state index in [2.05, 4.69) is 76.1 Å². The zero-order valence-electron chi connectivity index (χ0n) is 12.4. The van der Waals surface area contributed by atoms with E-state index in [0.717, 1.165) is 23.3 Å². The molecule has 0 heterocycles. The quantitative estimate of drug-likeness (QED) is 0.789. The van der Waals surface area contributed by atoms with Crippen LogP contribution in [0, 0.1) is 5.92 Å². The minimum atomic E-state index is 0.460. The summed E-state index contributed by atoms with van der Waals surface area (Å²) < 4.78 is 0. The number of aryl methyl sites for hydroxylation is 1. The second-order valence-corrected chi connectivity index (χ2v) is 6.63. The first kappa shape index (κ1) is 15.6. The van der Waals surface area contributed by atoms with Crippen LogP contribution >= 0.6 is 11.8 Å². The van der Waals surface area contributed by atoms with Gasteiger partial charge in [0.05, 0.1) is 0 Å². The topological polar surface area (TPSA) is 12.0 Å². The van der Waals surface area contributed by atoms with E-state index in [0.29, 0.717) is 6.04 Å². The molecule has 0 aliphatic rings. The van der Waals surface area contributed by atoms with Gasteiger partial charge in [-0.1, -0.05) is 52.0 Å². The monoisotopic (exact) mass is 265 g/mol. The minimum absolute atomic E-state index is 0.460. The molecule has 2 unspecified atom stereocenters. The number of benzene rings is 1. The van der Waals surface area contributed by atoms with E-state index in [-0.39, 0.29) is 0 Å². The maximum atomic E-state index is 3.43. The summed E-state index contributed by atoms with van der Waals surface area (Å²) in [5.74, 6) is 1.89. The summed E-state index contributed by atoms with van der Waals surface area (Å²) in [7, 11) is 2.05. The summed E-state index contributed by atoms with van der Waals surface area (Å²) in [6.07, 6.45) is 1.11. The molecule has 102 valence electrons. The van der Waals surface area contributed by atoms with Crippen LogP contribution in [0.15, 0.2) is 24.3 Å². The largest absolute Gasteiger partial charge is 0.312 e. The van der Waals surface area contributed by atoms with Gasteiger partial charge in [-0.05, 0) is 30.5 Å². The van der Waals surface area contributed by atoms with Crippen molar-refractivity contribution in [3.63, 3.8) is 0 Å². The van der Waals surface area contributed by atoms with Gasteiger partial charge in [0.15, 0.2) is 0 Å². The number of nitrogens with one attached hydrogen (secondary N) is 1. The molecular weight excluding hydrogens is 238 g/mol. The summed E-state index contributed by atoms with van der Waals surface area (Å²) in [5.41, 5.74) is 2.81. The first-order valence-corrected chi connectivity index (χ1v) is 8.01. The van der Waals surface area contributed by atoms with Crippen molar-refractivity contribution >= 4 is 11.8 Å². The lowest BCUT2D eigenvalue weighted by molar-refractivity contribution is 0.629. The molecule has 1 rings (SSSR count). The molecule has 1 aromatic carbocycles. The summed E-state index contributed by atoms with van der Waals surface area (Å²) >= 11 is 2.06. The van der Waals surface area contributed by atoms with Gasteiger partial charge in [-0.3, -0.25) is 0 Å². The van der Waals surface area contributed by atoms with Crippen LogP contribution in [0.25, 0.3) is 0 Å². The molecule has 0 aromatic heterocycles. The van der Waals surface area contributed by atoms with E-state index in [1.165, 1.54) is 11.1 Å². The highest BCUT2D eigenvalue weighted by molar-refractivity contribution is 7.99. The lowest BCUT2D eigenvalue weighted by atomic mass is 10.1. The first-order valence-electron chi connectivity index (χ1n) is 6.96. The van der Waals surface area contributed by atoms with Gasteiger partial charge in [-0.2, -0.15) is 11.8 Å². The number of hydrogen-bond donors (Lipinski definition) is 1. The van der Waals surface area contributed by atoms with Crippen LogP contribution in [0.4, 0.5) is 0 Å². The molecular formula is C16H27NS. The molecule has 0 amide bonds. The van der Waals surface area contributed by atoms with Crippen LogP contribution in [0.2, 0.25) is 0 Å². The predicted molar refractivity (Wildman–Crippen MR) is 84.4 cm³/mol. The maximum Gasteiger partial charge on any atom is 0.0409 e. The second-order valence-electron chi connectivity index (χ2n) is 5.22. The van der Waals surface area contributed by atoms with Crippen molar-refractivity contribution in [1.29, 1.82) is 0 Å². The Kier molecular flexibility index (Phi) is 6.80. The Bertz CT molecular complexity index is 331. The summed E-state index contributed by atoms with van der Waals surface area (Å²) in [4.78, 5) is 0. The van der Waals surface area contributed by atoms with Crippen molar-refractivity contribution in [3.8, 4) is 0 Å². The molecule has 0 aliphatic heterocycles. The van der Waals surface area contributed by atoms with Crippen LogP contribution in [-0.2, 0) is 6.42 Å². The zero-order chi connectivity index (χ0) is 13.5. The SMILES string of the molecule is CCc1ccc(C(CSC(C)C(C)C)NC)cc1. The van der Waals surface area contributed by atoms with Crippen molar-refractivity contribution in [2.75, 3.05) is 12.8 Å². The molecule has 0 saturated heterocycles. The highest BCUT2D eigenvalue weighted by Crippen LogP contribution is 2.25. The summed E-state index contributed by atoms with van der Waals surface area (Å²) in [6, 6.07) is 9.48. The standard InChI is InChI=1S/C16H27NS/c1-6-14-7-9-15(10-8-14)16(17-5)11-18-13(4)12(2)3/h7-10,12-13,16-17H,6,11H2,1-5H3. The van der Waals surface area contributed by atoms with E-state index in [9.17, 15) is 0 Å². The highest BCUT2D eigenvalue weighted by Gasteiger charge is 2.13. The Morgan fingerprint density at radius 2 is 1.72 bits per heavy atom. The predicted octanol–water partition coefficient (Wildman–Crippen LogP) is 4.29. The normalized spacial score (nSPS) is 14.8. The summed E-state index contributed by atoms with van der Waals surface area (Å²) in [5, 5.41) is 4.15. The Labute approximate surface area is 117 Å². The van der Waals surface area contributed by atoms with Gasteiger partial charge >= 0.3 is 0 Å². The van der Waals surface area contributed by atoms with E-state index < -0.39 is 0 Å². The Hall–Kier alpha value is -0.470. The molecule has 2 atom stereocenters. The van der Waals surface area contributed by atoms with E-state index in [4.69, 9.17) is 0 Å². The van der Waals surface area contributed by atoms with Gasteiger partial charge in [-0.25, -0.2) is 0 Å². The molecule has 1 nitrogen and oxygen atoms in total. The van der Waals surface area contributed by atoms with Gasteiger partial charge in [0.1, 0.15) is 0 Å². The van der Waals surface area contributed by atoms with Crippen molar-refractivity contribution in [1.82, 2.24) is 5.32 Å². The Morgan fingerprint density at radius 1 is 1.11 bits per heavy atom. The molecule has 1 N–H and O–H groups in total. The van der Waals surface area contributed by atoms with Crippen LogP contribution in [0.3, 0.4) is 0 Å². The Morgan fingerprint density at radius 3 is 2.17 bits per heavy atom. The molecule has 18 heavy (non-hydrogen) atoms. The fourth-order valence-electron chi connectivity index (χ4n) is 1.77. The maximum absolute atomic E-state index is 3.43. The molecule has 0 spiro atoms. The lowest BCUT2D eigenvalue weighted by Crippen LogP contribution is -2.20. The zero-order valence-corrected chi connectivity index (χ0v) is 13.2. The molecule has 0 fully saturated rings. The molecule has 1 aromatic rings. The second kappa shape index (κ2) is 7.85. The number of rotatable bonds is 7. The van der Waals surface area contributed by atoms with Gasteiger partial charge in [0.25, 0.3) is 0 Å². The average Bonchev–Trinajstić information content (AvgIpc) is 2.39. The van der Waals surface area contributed by atoms with E-state index in [1.54, 1.807) is 0 Å². The fourth-order valence-corrected chi connectivity index (χ4v) is 3.01. The molecule has 0 radical (unpaired) electrons. The smallest absolute Gasteiger partial charge is 0.0409 e. The van der Waals surface area contributed by atoms with E-state index >= 15 is 0 Å². The number of hydrogen-bond acceptors (Lipinski definition) is 2. The van der Waals surface area contributed by atoms with Gasteiger partial charge in [0.2, 0.25) is 0 Å². The van der Waals surface area contributed by atoms with Crippen LogP contribution in [0.1, 0.15) is 44.9 Å². The van der Waals surface area contributed by atoms with Crippen LogP contribution < -0.4 is 5.32 Å². The van der Waals surface area contributed by atoms with Crippen molar-refractivity contribution in [3.05, 3.63) is 35.4 Å². The van der Waals surface area contributed by atoms with Crippen molar-refractivity contribution < 1.29 is 0 Å². The first-order chi connectivity index (χ1) is 8.58. The molecule has 0 bridgehead atoms. The highest BCUT2D eigenvalue weighted by atomic mass is 32.2. The minimum Gasteiger partial charge on any atom is -0.312 e. The number of thioether (sulfide) groups is 1. The van der Waals surface area contributed by atoms with Gasteiger partial charge in [0, 0.05) is 17.0 Å². The van der Waals surface area contributed by atoms with Crippen LogP contribution in [0.5, 0.6) is 0 Å². The molecule has 0 saturated carbocycles. The van der Waals surface area contributed by atoms with Crippen LogP contribution in [-0.4, -0.2) is 18.1 Å². The van der Waals surface area contributed by atoms with Crippen molar-refractivity contribution in [2.45, 2.75) is 45.4 Å². The van der Waals surface area contributed by atoms with E-state index in [1.807, 2.05) is 0 Å². The van der Waals surface area contributed by atoms with Crippen molar-refractivity contribution in [2.24, 2.45) is 5.92 Å². The third-order valence-electron chi connectivity index (χ3n) is 3.60. The lowest BCUT2D eigenvalue weighted by Gasteiger charge is -2.21. The Balaban J connectivity index is 2.59. The average molecular weight is 265 g/mol. The third kappa shape index (κ3) is 4.66. The third-order valence-corrected chi connectivity index (χ3v) is 5.20. The molecule has 0 aliphatic carbocycles.